The second-order valence-electron chi connectivity index (χ2n) is 6.88. The fourth-order valence-corrected chi connectivity index (χ4v) is 4.55. The van der Waals surface area contributed by atoms with E-state index in [9.17, 15) is 9.59 Å². The smallest absolute Gasteiger partial charge is 0.166 e. The van der Waals surface area contributed by atoms with E-state index >= 15 is 0 Å². The maximum absolute atomic E-state index is 11.8. The highest BCUT2D eigenvalue weighted by molar-refractivity contribution is 9.10. The molecule has 2 aliphatic carbocycles. The zero-order chi connectivity index (χ0) is 18.8. The Morgan fingerprint density at radius 3 is 1.88 bits per heavy atom. The topological polar surface area (TPSA) is 34.1 Å². The van der Waals surface area contributed by atoms with Crippen molar-refractivity contribution in [3.63, 3.8) is 0 Å². The SMILES string of the molecule is CCC1Cc2c(Br)cccc2C1=O.CCC1Cc2c(Cl)cccc2C1=O. The zero-order valence-corrected chi connectivity index (χ0v) is 17.4. The van der Waals surface area contributed by atoms with Gasteiger partial charge in [0.05, 0.1) is 0 Å². The summed E-state index contributed by atoms with van der Waals surface area (Å²) < 4.78 is 1.08. The third kappa shape index (κ3) is 3.52. The summed E-state index contributed by atoms with van der Waals surface area (Å²) in [6, 6.07) is 11.4. The molecule has 2 aliphatic rings. The van der Waals surface area contributed by atoms with Gasteiger partial charge in [0.1, 0.15) is 0 Å². The first-order valence-electron chi connectivity index (χ1n) is 9.11. The number of carbonyl (C=O) groups excluding carboxylic acids is 2. The fourth-order valence-electron chi connectivity index (χ4n) is 3.77. The average Bonchev–Trinajstić information content (AvgIpc) is 3.15. The van der Waals surface area contributed by atoms with E-state index < -0.39 is 0 Å². The number of benzene rings is 2. The highest BCUT2D eigenvalue weighted by Crippen LogP contribution is 2.34. The molecule has 0 heterocycles. The van der Waals surface area contributed by atoms with Gasteiger partial charge in [-0.2, -0.15) is 0 Å². The molecule has 4 heteroatoms. The molecular weight excluding hydrogens is 412 g/mol. The summed E-state index contributed by atoms with van der Waals surface area (Å²) in [6.07, 6.45) is 3.58. The molecular formula is C22H22BrClO2. The molecule has 0 N–H and O–H groups in total. The van der Waals surface area contributed by atoms with Crippen molar-refractivity contribution < 1.29 is 9.59 Å². The van der Waals surface area contributed by atoms with Gasteiger partial charge in [-0.25, -0.2) is 0 Å². The van der Waals surface area contributed by atoms with Gasteiger partial charge in [0, 0.05) is 32.5 Å². The van der Waals surface area contributed by atoms with Crippen LogP contribution in [0, 0.1) is 11.8 Å². The third-order valence-corrected chi connectivity index (χ3v) is 6.49. The summed E-state index contributed by atoms with van der Waals surface area (Å²) in [5, 5.41) is 0.738. The maximum Gasteiger partial charge on any atom is 0.166 e. The molecule has 136 valence electrons. The molecule has 0 radical (unpaired) electrons. The number of hydrogen-bond acceptors (Lipinski definition) is 2. The van der Waals surface area contributed by atoms with Crippen LogP contribution in [0.5, 0.6) is 0 Å². The second-order valence-corrected chi connectivity index (χ2v) is 8.14. The normalized spacial score (nSPS) is 20.5. The fraction of sp³-hybridized carbons (Fsp3) is 0.364. The molecule has 2 atom stereocenters. The zero-order valence-electron chi connectivity index (χ0n) is 15.0. The van der Waals surface area contributed by atoms with Crippen LogP contribution < -0.4 is 0 Å². The number of ketones is 2. The van der Waals surface area contributed by atoms with Crippen LogP contribution in [-0.4, -0.2) is 11.6 Å². The van der Waals surface area contributed by atoms with Crippen LogP contribution in [0.15, 0.2) is 40.9 Å². The third-order valence-electron chi connectivity index (χ3n) is 5.40. The molecule has 0 aromatic heterocycles. The van der Waals surface area contributed by atoms with Crippen LogP contribution >= 0.6 is 27.5 Å². The minimum absolute atomic E-state index is 0.162. The highest BCUT2D eigenvalue weighted by atomic mass is 79.9. The van der Waals surface area contributed by atoms with Gasteiger partial charge in [-0.05, 0) is 48.9 Å². The Labute approximate surface area is 168 Å². The van der Waals surface area contributed by atoms with E-state index in [1.54, 1.807) is 0 Å². The standard InChI is InChI=1S/C11H11BrO.C11H11ClO/c2*1-2-7-6-9-8(11(7)13)4-3-5-10(9)12/h2*3-5,7H,2,6H2,1H3. The number of rotatable bonds is 2. The van der Waals surface area contributed by atoms with E-state index in [-0.39, 0.29) is 17.6 Å². The van der Waals surface area contributed by atoms with E-state index in [0.29, 0.717) is 5.78 Å². The van der Waals surface area contributed by atoms with Crippen LogP contribution in [0.3, 0.4) is 0 Å². The summed E-state index contributed by atoms with van der Waals surface area (Å²) in [5.41, 5.74) is 3.99. The molecule has 0 aliphatic heterocycles. The van der Waals surface area contributed by atoms with E-state index in [1.165, 1.54) is 5.56 Å². The molecule has 0 saturated heterocycles. The average molecular weight is 434 g/mol. The van der Waals surface area contributed by atoms with E-state index in [2.05, 4.69) is 22.9 Å². The summed E-state index contributed by atoms with van der Waals surface area (Å²) in [5.74, 6) is 0.961. The van der Waals surface area contributed by atoms with Crippen LogP contribution in [0.1, 0.15) is 58.5 Å². The summed E-state index contributed by atoms with van der Waals surface area (Å²) in [7, 11) is 0. The van der Waals surface area contributed by atoms with Gasteiger partial charge < -0.3 is 0 Å². The Kier molecular flexibility index (Phi) is 5.99. The Bertz CT molecular complexity index is 788. The number of halogens is 2. The minimum atomic E-state index is 0.162. The first kappa shape index (κ1) is 19.3. The van der Waals surface area contributed by atoms with Crippen LogP contribution in [0.25, 0.3) is 0 Å². The van der Waals surface area contributed by atoms with Crippen molar-refractivity contribution in [2.24, 2.45) is 11.8 Å². The van der Waals surface area contributed by atoms with Crippen molar-refractivity contribution in [1.82, 2.24) is 0 Å². The Morgan fingerprint density at radius 2 is 1.38 bits per heavy atom. The number of carbonyl (C=O) groups is 2. The lowest BCUT2D eigenvalue weighted by Crippen LogP contribution is -2.06. The first-order chi connectivity index (χ1) is 12.5. The van der Waals surface area contributed by atoms with Crippen molar-refractivity contribution in [3.8, 4) is 0 Å². The molecule has 2 unspecified atom stereocenters. The second kappa shape index (κ2) is 8.06. The molecule has 26 heavy (non-hydrogen) atoms. The monoisotopic (exact) mass is 432 g/mol. The largest absolute Gasteiger partial charge is 0.294 e. The number of Topliss-reactive ketones (excluding diaryl/α,β-unsaturated/α-hetero) is 2. The van der Waals surface area contributed by atoms with Gasteiger partial charge in [-0.15, -0.1) is 0 Å². The van der Waals surface area contributed by atoms with E-state index in [4.69, 9.17) is 11.6 Å². The predicted octanol–water partition coefficient (Wildman–Crippen LogP) is 6.32. The maximum atomic E-state index is 11.8. The Balaban J connectivity index is 0.000000151. The minimum Gasteiger partial charge on any atom is -0.294 e. The molecule has 4 rings (SSSR count). The lowest BCUT2D eigenvalue weighted by Gasteiger charge is -2.00. The van der Waals surface area contributed by atoms with Gasteiger partial charge >= 0.3 is 0 Å². The molecule has 0 amide bonds. The van der Waals surface area contributed by atoms with Gasteiger partial charge in [0.15, 0.2) is 11.6 Å². The van der Waals surface area contributed by atoms with Gasteiger partial charge in [0.2, 0.25) is 0 Å². The van der Waals surface area contributed by atoms with Crippen molar-refractivity contribution in [3.05, 3.63) is 68.1 Å². The van der Waals surface area contributed by atoms with Crippen molar-refractivity contribution >= 4 is 39.1 Å². The molecule has 0 bridgehead atoms. The van der Waals surface area contributed by atoms with Crippen molar-refractivity contribution in [2.45, 2.75) is 39.5 Å². The number of hydrogen-bond donors (Lipinski definition) is 0. The molecule has 2 aromatic rings. The molecule has 0 spiro atoms. The van der Waals surface area contributed by atoms with Crippen molar-refractivity contribution in [1.29, 1.82) is 0 Å². The molecule has 2 nitrogen and oxygen atoms in total. The first-order valence-corrected chi connectivity index (χ1v) is 10.3. The summed E-state index contributed by atoms with van der Waals surface area (Å²) >= 11 is 9.48. The molecule has 0 fully saturated rings. The Hall–Kier alpha value is -1.45. The van der Waals surface area contributed by atoms with E-state index in [1.807, 2.05) is 43.3 Å². The van der Waals surface area contributed by atoms with Crippen molar-refractivity contribution in [2.75, 3.05) is 0 Å². The van der Waals surface area contributed by atoms with Gasteiger partial charge in [-0.3, -0.25) is 9.59 Å². The van der Waals surface area contributed by atoms with Crippen LogP contribution in [0.2, 0.25) is 5.02 Å². The lowest BCUT2D eigenvalue weighted by atomic mass is 10.0. The lowest BCUT2D eigenvalue weighted by molar-refractivity contribution is 0.0926. The summed E-state index contributed by atoms with van der Waals surface area (Å²) in [6.45, 7) is 4.12. The summed E-state index contributed by atoms with van der Waals surface area (Å²) in [4.78, 5) is 23.5. The number of fused-ring (bicyclic) bond motifs is 2. The van der Waals surface area contributed by atoms with Crippen LogP contribution in [-0.2, 0) is 12.8 Å². The molecule has 2 aromatic carbocycles. The molecule has 0 saturated carbocycles. The predicted molar refractivity (Wildman–Crippen MR) is 109 cm³/mol. The highest BCUT2D eigenvalue weighted by Gasteiger charge is 2.30. The van der Waals surface area contributed by atoms with Crippen LogP contribution in [0.4, 0.5) is 0 Å². The quantitative estimate of drug-likeness (QED) is 0.555. The van der Waals surface area contributed by atoms with E-state index in [0.717, 1.165) is 51.9 Å². The van der Waals surface area contributed by atoms with Gasteiger partial charge in [-0.1, -0.05) is 65.6 Å². The Morgan fingerprint density at radius 1 is 0.885 bits per heavy atom. The van der Waals surface area contributed by atoms with Gasteiger partial charge in [0.25, 0.3) is 0 Å².